The molecule has 0 aliphatic heterocycles. The van der Waals surface area contributed by atoms with E-state index < -0.39 is 11.5 Å². The van der Waals surface area contributed by atoms with Crippen LogP contribution in [0.3, 0.4) is 0 Å². The summed E-state index contributed by atoms with van der Waals surface area (Å²) in [5, 5.41) is 18.7. The summed E-state index contributed by atoms with van der Waals surface area (Å²) in [5.74, 6) is 0. The van der Waals surface area contributed by atoms with E-state index in [1.165, 1.54) is 19.3 Å². The lowest BCUT2D eigenvalue weighted by Crippen LogP contribution is -2.32. The Bertz CT molecular complexity index is 185. The predicted octanol–water partition coefficient (Wildman–Crippen LogP) is 2.62. The van der Waals surface area contributed by atoms with Crippen LogP contribution < -0.4 is 0 Å². The Balaban J connectivity index is 2.65. The van der Waals surface area contributed by atoms with Crippen molar-refractivity contribution in [2.24, 2.45) is 5.41 Å². The van der Waals surface area contributed by atoms with E-state index in [1.54, 1.807) is 6.92 Å². The van der Waals surface area contributed by atoms with E-state index in [2.05, 4.69) is 6.07 Å². The highest BCUT2D eigenvalue weighted by Gasteiger charge is 2.34. The summed E-state index contributed by atoms with van der Waals surface area (Å²) in [7, 11) is 0. The summed E-state index contributed by atoms with van der Waals surface area (Å²) in [6.07, 6.45) is 7.20. The molecule has 1 fully saturated rings. The normalized spacial score (nSPS) is 25.3. The molecule has 1 rings (SSSR count). The second-order valence-electron chi connectivity index (χ2n) is 4.21. The Morgan fingerprint density at radius 1 is 1.15 bits per heavy atom. The molecule has 1 aliphatic rings. The second kappa shape index (κ2) is 4.62. The monoisotopic (exact) mass is 181 g/mol. The Labute approximate surface area is 80.6 Å². The lowest BCUT2D eigenvalue weighted by Gasteiger charge is -2.31. The van der Waals surface area contributed by atoms with E-state index in [4.69, 9.17) is 5.26 Å². The highest BCUT2D eigenvalue weighted by atomic mass is 16.3. The number of hydrogen-bond acceptors (Lipinski definition) is 2. The maximum absolute atomic E-state index is 9.62. The van der Waals surface area contributed by atoms with Crippen molar-refractivity contribution >= 4 is 0 Å². The third-order valence-corrected chi connectivity index (χ3v) is 3.27. The number of nitrogens with zero attached hydrogens (tertiary/aromatic N) is 1. The molecule has 0 saturated heterocycles. The first-order chi connectivity index (χ1) is 6.21. The van der Waals surface area contributed by atoms with Crippen molar-refractivity contribution in [1.29, 1.82) is 5.26 Å². The quantitative estimate of drug-likeness (QED) is 0.675. The highest BCUT2D eigenvalue weighted by Crippen LogP contribution is 2.36. The van der Waals surface area contributed by atoms with Gasteiger partial charge in [0, 0.05) is 0 Å². The molecular weight excluding hydrogens is 162 g/mol. The fraction of sp³-hybridized carbons (Fsp3) is 0.909. The molecule has 1 saturated carbocycles. The number of aliphatic hydroxyl groups is 1. The molecule has 0 spiro atoms. The molecule has 2 heteroatoms. The van der Waals surface area contributed by atoms with E-state index in [-0.39, 0.29) is 0 Å². The molecule has 0 radical (unpaired) electrons. The van der Waals surface area contributed by atoms with Gasteiger partial charge in [-0.3, -0.25) is 0 Å². The van der Waals surface area contributed by atoms with Crippen molar-refractivity contribution < 1.29 is 5.11 Å². The number of nitriles is 1. The molecule has 1 atom stereocenters. The van der Waals surface area contributed by atoms with Crippen LogP contribution in [0.15, 0.2) is 0 Å². The zero-order valence-corrected chi connectivity index (χ0v) is 8.42. The fourth-order valence-electron chi connectivity index (χ4n) is 2.16. The first kappa shape index (κ1) is 10.5. The van der Waals surface area contributed by atoms with Gasteiger partial charge in [0.15, 0.2) is 0 Å². The van der Waals surface area contributed by atoms with E-state index in [9.17, 15) is 5.11 Å². The van der Waals surface area contributed by atoms with Crippen molar-refractivity contribution in [3.63, 3.8) is 0 Å². The van der Waals surface area contributed by atoms with Gasteiger partial charge >= 0.3 is 0 Å². The Morgan fingerprint density at radius 3 is 2.00 bits per heavy atom. The molecule has 74 valence electrons. The molecule has 0 heterocycles. The van der Waals surface area contributed by atoms with Crippen molar-refractivity contribution in [1.82, 2.24) is 0 Å². The highest BCUT2D eigenvalue weighted by molar-refractivity contribution is 5.02. The van der Waals surface area contributed by atoms with Gasteiger partial charge in [-0.25, -0.2) is 0 Å². The summed E-state index contributed by atoms with van der Waals surface area (Å²) in [6, 6.07) is 2.33. The molecule has 13 heavy (non-hydrogen) atoms. The molecule has 1 aliphatic carbocycles. The van der Waals surface area contributed by atoms with E-state index in [1.807, 2.05) is 0 Å². The summed E-state index contributed by atoms with van der Waals surface area (Å²) >= 11 is 0. The first-order valence-corrected chi connectivity index (χ1v) is 5.30. The minimum absolute atomic E-state index is 0.444. The topological polar surface area (TPSA) is 44.0 Å². The van der Waals surface area contributed by atoms with Crippen LogP contribution >= 0.6 is 0 Å². The van der Waals surface area contributed by atoms with Crippen molar-refractivity contribution in [3.05, 3.63) is 0 Å². The molecule has 0 bridgehead atoms. The van der Waals surface area contributed by atoms with Gasteiger partial charge in [-0.1, -0.05) is 32.1 Å². The first-order valence-electron chi connectivity index (χ1n) is 5.30. The third kappa shape index (κ3) is 2.45. The van der Waals surface area contributed by atoms with Gasteiger partial charge in [-0.15, -0.1) is 0 Å². The van der Waals surface area contributed by atoms with E-state index >= 15 is 0 Å². The van der Waals surface area contributed by atoms with Crippen LogP contribution in [-0.4, -0.2) is 11.2 Å². The lowest BCUT2D eigenvalue weighted by molar-refractivity contribution is 0.0595. The zero-order valence-electron chi connectivity index (χ0n) is 8.42. The summed E-state index contributed by atoms with van der Waals surface area (Å²) in [5.41, 5.74) is -0.444. The Hall–Kier alpha value is -0.550. The Kier molecular flexibility index (Phi) is 3.74. The summed E-state index contributed by atoms with van der Waals surface area (Å²) < 4.78 is 0. The standard InChI is InChI=1S/C11H19NO/c1-10(13)11(9-12)7-5-3-2-4-6-8-11/h10,13H,2-8H2,1H3. The molecule has 2 nitrogen and oxygen atoms in total. The largest absolute Gasteiger partial charge is 0.392 e. The van der Waals surface area contributed by atoms with Crippen LogP contribution in [0.5, 0.6) is 0 Å². The molecule has 0 amide bonds. The van der Waals surface area contributed by atoms with Gasteiger partial charge in [0.25, 0.3) is 0 Å². The maximum Gasteiger partial charge on any atom is 0.0829 e. The van der Waals surface area contributed by atoms with Gasteiger partial charge in [0.1, 0.15) is 0 Å². The molecule has 1 unspecified atom stereocenters. The fourth-order valence-corrected chi connectivity index (χ4v) is 2.16. The third-order valence-electron chi connectivity index (χ3n) is 3.27. The average molecular weight is 181 g/mol. The zero-order chi connectivity index (χ0) is 9.73. The molecular formula is C11H19NO. The summed E-state index contributed by atoms with van der Waals surface area (Å²) in [4.78, 5) is 0. The molecule has 1 N–H and O–H groups in total. The lowest BCUT2D eigenvalue weighted by atomic mass is 9.74. The molecule has 0 aromatic rings. The van der Waals surface area contributed by atoms with Crippen molar-refractivity contribution in [2.75, 3.05) is 0 Å². The van der Waals surface area contributed by atoms with Crippen LogP contribution in [0.25, 0.3) is 0 Å². The second-order valence-corrected chi connectivity index (χ2v) is 4.21. The minimum Gasteiger partial charge on any atom is -0.392 e. The number of aliphatic hydroxyl groups excluding tert-OH is 1. The number of rotatable bonds is 1. The Morgan fingerprint density at radius 2 is 1.62 bits per heavy atom. The SMILES string of the molecule is CC(O)C1(C#N)CCCCCCC1. The van der Waals surface area contributed by atoms with Crippen LogP contribution in [0.1, 0.15) is 51.9 Å². The van der Waals surface area contributed by atoms with Gasteiger partial charge in [0.2, 0.25) is 0 Å². The average Bonchev–Trinajstić information content (AvgIpc) is 2.04. The van der Waals surface area contributed by atoms with Gasteiger partial charge < -0.3 is 5.11 Å². The van der Waals surface area contributed by atoms with Gasteiger partial charge in [-0.05, 0) is 19.8 Å². The van der Waals surface area contributed by atoms with Crippen LogP contribution in [0.2, 0.25) is 0 Å². The summed E-state index contributed by atoms with van der Waals surface area (Å²) in [6.45, 7) is 1.75. The smallest absolute Gasteiger partial charge is 0.0829 e. The van der Waals surface area contributed by atoms with Crippen LogP contribution in [0.4, 0.5) is 0 Å². The van der Waals surface area contributed by atoms with E-state index in [0.29, 0.717) is 0 Å². The van der Waals surface area contributed by atoms with Crippen LogP contribution in [-0.2, 0) is 0 Å². The minimum atomic E-state index is -0.476. The molecule has 0 aromatic heterocycles. The van der Waals surface area contributed by atoms with Crippen molar-refractivity contribution in [2.45, 2.75) is 58.0 Å². The van der Waals surface area contributed by atoms with Crippen LogP contribution in [0, 0.1) is 16.7 Å². The van der Waals surface area contributed by atoms with Gasteiger partial charge in [0.05, 0.1) is 17.6 Å². The molecule has 0 aromatic carbocycles. The van der Waals surface area contributed by atoms with E-state index in [0.717, 1.165) is 25.7 Å². The maximum atomic E-state index is 9.62. The predicted molar refractivity (Wildman–Crippen MR) is 52.0 cm³/mol. The van der Waals surface area contributed by atoms with Crippen molar-refractivity contribution in [3.8, 4) is 6.07 Å². The number of hydrogen-bond donors (Lipinski definition) is 1. The van der Waals surface area contributed by atoms with Gasteiger partial charge in [-0.2, -0.15) is 5.26 Å².